The van der Waals surface area contributed by atoms with E-state index in [2.05, 4.69) is 11.3 Å². The zero-order valence-electron chi connectivity index (χ0n) is 10.8. The minimum atomic E-state index is -6.28. The summed E-state index contributed by atoms with van der Waals surface area (Å²) < 4.78 is 105. The molecule has 22 heavy (non-hydrogen) atoms. The second-order valence-corrected chi connectivity index (χ2v) is 4.19. The van der Waals surface area contributed by atoms with Gasteiger partial charge in [0, 0.05) is 18.9 Å². The van der Waals surface area contributed by atoms with Crippen LogP contribution in [-0.4, -0.2) is 41.6 Å². The third-order valence-corrected chi connectivity index (χ3v) is 2.51. The van der Waals surface area contributed by atoms with E-state index in [0.29, 0.717) is 6.08 Å². The summed E-state index contributed by atoms with van der Waals surface area (Å²) in [4.78, 5) is 10.6. The number of aliphatic hydroxyl groups is 1. The van der Waals surface area contributed by atoms with Gasteiger partial charge in [0.15, 0.2) is 0 Å². The van der Waals surface area contributed by atoms with Crippen LogP contribution >= 0.6 is 0 Å². The van der Waals surface area contributed by atoms with Crippen molar-refractivity contribution in [1.82, 2.24) is 0 Å². The Labute approximate surface area is 119 Å². The van der Waals surface area contributed by atoms with E-state index in [1.165, 1.54) is 0 Å². The van der Waals surface area contributed by atoms with Gasteiger partial charge in [-0.15, -0.1) is 0 Å². The molecule has 130 valence electrons. The molecule has 0 saturated heterocycles. The SMILES string of the molecule is C=CC(=O)OC(O)CCCC(F)(F)C(F)(F)C(F)(F)C(F)F. The number of rotatable bonds is 9. The first-order valence-electron chi connectivity index (χ1n) is 5.72. The molecule has 0 amide bonds. The van der Waals surface area contributed by atoms with Crippen molar-refractivity contribution in [3.05, 3.63) is 12.7 Å². The molecule has 0 aliphatic heterocycles. The summed E-state index contributed by atoms with van der Waals surface area (Å²) in [5.41, 5.74) is 0. The molecule has 0 aliphatic rings. The number of carbonyl (C=O) groups excluding carboxylic acids is 1. The molecule has 0 radical (unpaired) electrons. The third-order valence-electron chi connectivity index (χ3n) is 2.51. The van der Waals surface area contributed by atoms with Gasteiger partial charge < -0.3 is 9.84 Å². The number of alkyl halides is 8. The smallest absolute Gasteiger partial charge is 0.377 e. The molecule has 0 heterocycles. The van der Waals surface area contributed by atoms with Gasteiger partial charge in [-0.3, -0.25) is 0 Å². The van der Waals surface area contributed by atoms with Crippen LogP contribution in [0.4, 0.5) is 35.1 Å². The standard InChI is InChI=1S/C11H12F8O3/c1-2-6(20)22-7(21)4-3-5-9(14,15)11(18,19)10(16,17)8(12)13/h2,7-8,21H,1,3-5H2. The molecule has 1 atom stereocenters. The third kappa shape index (κ3) is 4.55. The van der Waals surface area contributed by atoms with Crippen molar-refractivity contribution in [3.63, 3.8) is 0 Å². The first-order valence-corrected chi connectivity index (χ1v) is 5.72. The largest absolute Gasteiger partial charge is 0.433 e. The molecule has 0 spiro atoms. The van der Waals surface area contributed by atoms with Crippen LogP contribution in [0, 0.1) is 0 Å². The fourth-order valence-corrected chi connectivity index (χ4v) is 1.28. The van der Waals surface area contributed by atoms with Crippen LogP contribution in [0.2, 0.25) is 0 Å². The van der Waals surface area contributed by atoms with E-state index in [9.17, 15) is 39.9 Å². The van der Waals surface area contributed by atoms with Crippen molar-refractivity contribution in [2.24, 2.45) is 0 Å². The maximum Gasteiger partial charge on any atom is 0.377 e. The summed E-state index contributed by atoms with van der Waals surface area (Å²) in [5, 5.41) is 9.01. The average Bonchev–Trinajstić information content (AvgIpc) is 2.37. The molecule has 1 N–H and O–H groups in total. The van der Waals surface area contributed by atoms with Gasteiger partial charge >= 0.3 is 30.2 Å². The number of carbonyl (C=O) groups is 1. The minimum Gasteiger partial charge on any atom is -0.433 e. The number of hydrogen-bond acceptors (Lipinski definition) is 3. The van der Waals surface area contributed by atoms with Gasteiger partial charge in [0.25, 0.3) is 0 Å². The number of ether oxygens (including phenoxy) is 1. The van der Waals surface area contributed by atoms with Crippen LogP contribution in [0.3, 0.4) is 0 Å². The Morgan fingerprint density at radius 2 is 1.68 bits per heavy atom. The maximum absolute atomic E-state index is 13.1. The molecule has 1 unspecified atom stereocenters. The van der Waals surface area contributed by atoms with E-state index in [-0.39, 0.29) is 0 Å². The fraction of sp³-hybridized carbons (Fsp3) is 0.727. The topological polar surface area (TPSA) is 46.5 Å². The summed E-state index contributed by atoms with van der Waals surface area (Å²) in [6, 6.07) is 0. The molecular weight excluding hydrogens is 332 g/mol. The van der Waals surface area contributed by atoms with Gasteiger partial charge in [0.1, 0.15) is 0 Å². The molecule has 11 heteroatoms. The van der Waals surface area contributed by atoms with E-state index < -0.39 is 55.7 Å². The molecule has 0 saturated carbocycles. The summed E-state index contributed by atoms with van der Waals surface area (Å²) in [6.07, 6.45) is -10.0. The molecule has 0 rings (SSSR count). The van der Waals surface area contributed by atoms with Crippen LogP contribution in [0.25, 0.3) is 0 Å². The average molecular weight is 344 g/mol. The summed E-state index contributed by atoms with van der Waals surface area (Å²) in [6.45, 7) is 2.95. The highest BCUT2D eigenvalue weighted by molar-refractivity contribution is 5.81. The predicted octanol–water partition coefficient (Wildman–Crippen LogP) is 3.38. The lowest BCUT2D eigenvalue weighted by Crippen LogP contribution is -2.57. The Morgan fingerprint density at radius 1 is 1.18 bits per heavy atom. The number of hydrogen-bond donors (Lipinski definition) is 1. The molecule has 0 aliphatic carbocycles. The van der Waals surface area contributed by atoms with Gasteiger partial charge in [-0.1, -0.05) is 6.58 Å². The first-order chi connectivity index (χ1) is 9.79. The van der Waals surface area contributed by atoms with Gasteiger partial charge in [0.05, 0.1) is 0 Å². The molecule has 0 aromatic rings. The predicted molar refractivity (Wildman–Crippen MR) is 57.0 cm³/mol. The zero-order chi connectivity index (χ0) is 17.8. The summed E-state index contributed by atoms with van der Waals surface area (Å²) >= 11 is 0. The van der Waals surface area contributed by atoms with Gasteiger partial charge in [-0.05, 0) is 6.42 Å². The van der Waals surface area contributed by atoms with Gasteiger partial charge in [0.2, 0.25) is 6.29 Å². The normalized spacial score (nSPS) is 14.8. The van der Waals surface area contributed by atoms with E-state index in [4.69, 9.17) is 5.11 Å². The summed E-state index contributed by atoms with van der Waals surface area (Å²) in [7, 11) is 0. The van der Waals surface area contributed by atoms with Gasteiger partial charge in [-0.2, -0.15) is 26.3 Å². The molecule has 3 nitrogen and oxygen atoms in total. The Morgan fingerprint density at radius 3 is 2.09 bits per heavy atom. The van der Waals surface area contributed by atoms with E-state index >= 15 is 0 Å². The van der Waals surface area contributed by atoms with Crippen LogP contribution in [0.5, 0.6) is 0 Å². The number of esters is 1. The maximum atomic E-state index is 13.1. The lowest BCUT2D eigenvalue weighted by molar-refractivity contribution is -0.339. The van der Waals surface area contributed by atoms with Crippen LogP contribution in [-0.2, 0) is 9.53 Å². The van der Waals surface area contributed by atoms with Crippen molar-refractivity contribution in [2.45, 2.75) is 49.7 Å². The van der Waals surface area contributed by atoms with E-state index in [1.54, 1.807) is 0 Å². The monoisotopic (exact) mass is 344 g/mol. The molecule has 0 fully saturated rings. The lowest BCUT2D eigenvalue weighted by Gasteiger charge is -2.32. The highest BCUT2D eigenvalue weighted by atomic mass is 19.4. The van der Waals surface area contributed by atoms with E-state index in [0.717, 1.165) is 0 Å². The van der Waals surface area contributed by atoms with Crippen molar-refractivity contribution in [2.75, 3.05) is 0 Å². The number of aliphatic hydroxyl groups excluding tert-OH is 1. The Bertz CT molecular complexity index is 397. The molecule has 0 bridgehead atoms. The minimum absolute atomic E-state index is 0.620. The highest BCUT2D eigenvalue weighted by Gasteiger charge is 2.74. The molecular formula is C11H12F8O3. The zero-order valence-corrected chi connectivity index (χ0v) is 10.8. The highest BCUT2D eigenvalue weighted by Crippen LogP contribution is 2.50. The fourth-order valence-electron chi connectivity index (χ4n) is 1.28. The molecule has 0 aromatic heterocycles. The van der Waals surface area contributed by atoms with Crippen LogP contribution in [0.15, 0.2) is 12.7 Å². The first kappa shape index (κ1) is 20.6. The number of halogens is 8. The lowest BCUT2D eigenvalue weighted by atomic mass is 9.99. The Kier molecular flexibility index (Phi) is 6.79. The molecule has 0 aromatic carbocycles. The van der Waals surface area contributed by atoms with Crippen molar-refractivity contribution < 1.29 is 49.8 Å². The second kappa shape index (κ2) is 7.25. The quantitative estimate of drug-likeness (QED) is 0.302. The van der Waals surface area contributed by atoms with Crippen LogP contribution in [0.1, 0.15) is 19.3 Å². The van der Waals surface area contributed by atoms with Crippen LogP contribution < -0.4 is 0 Å². The Balaban J connectivity index is 4.70. The van der Waals surface area contributed by atoms with E-state index in [1.807, 2.05) is 0 Å². The van der Waals surface area contributed by atoms with Crippen molar-refractivity contribution in [3.8, 4) is 0 Å². The second-order valence-electron chi connectivity index (χ2n) is 4.19. The summed E-state index contributed by atoms with van der Waals surface area (Å²) in [5.74, 6) is -19.1. The Hall–Kier alpha value is -1.39. The van der Waals surface area contributed by atoms with Crippen molar-refractivity contribution in [1.29, 1.82) is 0 Å². The van der Waals surface area contributed by atoms with Crippen molar-refractivity contribution >= 4 is 5.97 Å². The van der Waals surface area contributed by atoms with Gasteiger partial charge in [-0.25, -0.2) is 13.6 Å².